The van der Waals surface area contributed by atoms with Gasteiger partial charge in [-0.2, -0.15) is 0 Å². The van der Waals surface area contributed by atoms with Crippen LogP contribution in [0.15, 0.2) is 22.7 Å². The molecule has 1 aromatic heterocycles. The smallest absolute Gasteiger partial charge is 0.148 e. The Morgan fingerprint density at radius 2 is 2.11 bits per heavy atom. The van der Waals surface area contributed by atoms with Crippen molar-refractivity contribution in [2.24, 2.45) is 0 Å². The molecule has 0 aliphatic rings. The van der Waals surface area contributed by atoms with E-state index >= 15 is 0 Å². The molecular weight excluding hydrogens is 322 g/mol. The van der Waals surface area contributed by atoms with E-state index in [-0.39, 0.29) is 0 Å². The van der Waals surface area contributed by atoms with Gasteiger partial charge in [0.05, 0.1) is 0 Å². The lowest BCUT2D eigenvalue weighted by Gasteiger charge is -2.01. The molecule has 0 atom stereocenters. The lowest BCUT2D eigenvalue weighted by atomic mass is 10.1. The zero-order chi connectivity index (χ0) is 13.7. The summed E-state index contributed by atoms with van der Waals surface area (Å²) in [6.45, 7) is 6.32. The van der Waals surface area contributed by atoms with E-state index < -0.39 is 0 Å². The van der Waals surface area contributed by atoms with Gasteiger partial charge in [0.2, 0.25) is 0 Å². The third-order valence-electron chi connectivity index (χ3n) is 2.83. The third kappa shape index (κ3) is 4.09. The summed E-state index contributed by atoms with van der Waals surface area (Å²) < 4.78 is 1.10. The molecule has 3 nitrogen and oxygen atoms in total. The van der Waals surface area contributed by atoms with Crippen LogP contribution in [0.2, 0.25) is 0 Å². The van der Waals surface area contributed by atoms with Crippen molar-refractivity contribution in [3.8, 4) is 10.6 Å². The lowest BCUT2D eigenvalue weighted by molar-refractivity contribution is 0.668. The molecule has 1 heterocycles. The molecule has 2 rings (SSSR count). The zero-order valence-electron chi connectivity index (χ0n) is 11.2. The van der Waals surface area contributed by atoms with Crippen molar-refractivity contribution in [1.82, 2.24) is 15.5 Å². The molecular formula is C14H18BrN3S. The van der Waals surface area contributed by atoms with Crippen LogP contribution in [0.1, 0.15) is 23.9 Å². The molecule has 0 bridgehead atoms. The predicted octanol–water partition coefficient (Wildman–Crippen LogP) is 3.82. The van der Waals surface area contributed by atoms with Crippen LogP contribution in [-0.2, 0) is 6.42 Å². The Labute approximate surface area is 126 Å². The van der Waals surface area contributed by atoms with Crippen molar-refractivity contribution in [3.05, 3.63) is 33.2 Å². The van der Waals surface area contributed by atoms with Gasteiger partial charge in [-0.05, 0) is 37.6 Å². The molecule has 1 N–H and O–H groups in total. The topological polar surface area (TPSA) is 37.8 Å². The number of hydrogen-bond donors (Lipinski definition) is 1. The fourth-order valence-electron chi connectivity index (χ4n) is 1.83. The maximum absolute atomic E-state index is 4.30. The van der Waals surface area contributed by atoms with Crippen LogP contribution in [-0.4, -0.2) is 23.3 Å². The van der Waals surface area contributed by atoms with Crippen molar-refractivity contribution in [3.63, 3.8) is 0 Å². The van der Waals surface area contributed by atoms with Crippen LogP contribution in [0.4, 0.5) is 0 Å². The molecule has 0 fully saturated rings. The van der Waals surface area contributed by atoms with Crippen molar-refractivity contribution in [2.75, 3.05) is 13.1 Å². The van der Waals surface area contributed by atoms with Crippen molar-refractivity contribution >= 4 is 27.3 Å². The van der Waals surface area contributed by atoms with Gasteiger partial charge in [-0.1, -0.05) is 40.3 Å². The first-order chi connectivity index (χ1) is 9.20. The third-order valence-corrected chi connectivity index (χ3v) is 4.34. The van der Waals surface area contributed by atoms with Crippen molar-refractivity contribution in [1.29, 1.82) is 0 Å². The summed E-state index contributed by atoms with van der Waals surface area (Å²) in [5, 5.41) is 14.1. The summed E-state index contributed by atoms with van der Waals surface area (Å²) in [7, 11) is 0. The van der Waals surface area contributed by atoms with E-state index in [1.807, 2.05) is 6.07 Å². The summed E-state index contributed by atoms with van der Waals surface area (Å²) in [5.41, 5.74) is 2.40. The molecule has 0 amide bonds. The maximum atomic E-state index is 4.30. The number of aromatic nitrogens is 2. The standard InChI is InChI=1S/C14H18BrN3S/c1-3-7-16-8-6-13-17-18-14(19-13)12-5-4-11(15)9-10(12)2/h4-5,9,16H,3,6-8H2,1-2H3. The minimum Gasteiger partial charge on any atom is -0.316 e. The van der Waals surface area contributed by atoms with E-state index in [9.17, 15) is 0 Å². The van der Waals surface area contributed by atoms with Crippen molar-refractivity contribution < 1.29 is 0 Å². The molecule has 0 saturated heterocycles. The minimum absolute atomic E-state index is 0.952. The van der Waals surface area contributed by atoms with Gasteiger partial charge in [-0.15, -0.1) is 10.2 Å². The largest absolute Gasteiger partial charge is 0.316 e. The molecule has 19 heavy (non-hydrogen) atoms. The summed E-state index contributed by atoms with van der Waals surface area (Å²) in [4.78, 5) is 0. The Kier molecular flexibility index (Phi) is 5.48. The number of benzene rings is 1. The molecule has 0 radical (unpaired) electrons. The van der Waals surface area contributed by atoms with Crippen LogP contribution in [0.5, 0.6) is 0 Å². The predicted molar refractivity (Wildman–Crippen MR) is 84.6 cm³/mol. The highest BCUT2D eigenvalue weighted by atomic mass is 79.9. The van der Waals surface area contributed by atoms with Crippen molar-refractivity contribution in [2.45, 2.75) is 26.7 Å². The number of aryl methyl sites for hydroxylation is 1. The second-order valence-corrected chi connectivity index (χ2v) is 6.44. The molecule has 0 aliphatic heterocycles. The van der Waals surface area contributed by atoms with Gasteiger partial charge >= 0.3 is 0 Å². The summed E-state index contributed by atoms with van der Waals surface area (Å²) >= 11 is 5.17. The number of halogens is 1. The summed E-state index contributed by atoms with van der Waals surface area (Å²) in [6, 6.07) is 6.25. The molecule has 5 heteroatoms. The molecule has 2 aromatic rings. The van der Waals surface area contributed by atoms with Gasteiger partial charge in [0.15, 0.2) is 0 Å². The molecule has 102 valence electrons. The van der Waals surface area contributed by atoms with Gasteiger partial charge < -0.3 is 5.32 Å². The molecule has 0 spiro atoms. The fraction of sp³-hybridized carbons (Fsp3) is 0.429. The quantitative estimate of drug-likeness (QED) is 0.813. The number of hydrogen-bond acceptors (Lipinski definition) is 4. The van der Waals surface area contributed by atoms with Crippen LogP contribution >= 0.6 is 27.3 Å². The SMILES string of the molecule is CCCNCCc1nnc(-c2ccc(Br)cc2C)s1. The Hall–Kier alpha value is -0.780. The molecule has 0 unspecified atom stereocenters. The second kappa shape index (κ2) is 7.12. The first-order valence-electron chi connectivity index (χ1n) is 6.50. The first kappa shape index (κ1) is 14.6. The maximum Gasteiger partial charge on any atom is 0.148 e. The average molecular weight is 340 g/mol. The number of nitrogens with zero attached hydrogens (tertiary/aromatic N) is 2. The second-order valence-electron chi connectivity index (χ2n) is 4.46. The zero-order valence-corrected chi connectivity index (χ0v) is 13.6. The number of rotatable bonds is 6. The van der Waals surface area contributed by atoms with E-state index in [2.05, 4.69) is 57.4 Å². The highest BCUT2D eigenvalue weighted by Gasteiger charge is 2.09. The molecule has 0 aliphatic carbocycles. The summed E-state index contributed by atoms with van der Waals surface area (Å²) in [5.74, 6) is 0. The average Bonchev–Trinajstić information content (AvgIpc) is 2.83. The van der Waals surface area contributed by atoms with E-state index in [1.54, 1.807) is 11.3 Å². The van der Waals surface area contributed by atoms with Crippen LogP contribution in [0, 0.1) is 6.92 Å². The van der Waals surface area contributed by atoms with Gasteiger partial charge in [0, 0.05) is 23.0 Å². The molecule has 0 saturated carbocycles. The van der Waals surface area contributed by atoms with Gasteiger partial charge in [-0.25, -0.2) is 0 Å². The highest BCUT2D eigenvalue weighted by molar-refractivity contribution is 9.10. The van der Waals surface area contributed by atoms with Crippen LogP contribution in [0.3, 0.4) is 0 Å². The molecule has 1 aromatic carbocycles. The lowest BCUT2D eigenvalue weighted by Crippen LogP contribution is -2.17. The normalized spacial score (nSPS) is 10.9. The van der Waals surface area contributed by atoms with Crippen LogP contribution in [0.25, 0.3) is 10.6 Å². The minimum atomic E-state index is 0.952. The first-order valence-corrected chi connectivity index (χ1v) is 8.11. The monoisotopic (exact) mass is 339 g/mol. The van der Waals surface area contributed by atoms with Crippen LogP contribution < -0.4 is 5.32 Å². The Morgan fingerprint density at radius 3 is 2.84 bits per heavy atom. The summed E-state index contributed by atoms with van der Waals surface area (Å²) in [6.07, 6.45) is 2.12. The van der Waals surface area contributed by atoms with E-state index in [0.717, 1.165) is 34.0 Å². The Bertz CT molecular complexity index is 539. The highest BCUT2D eigenvalue weighted by Crippen LogP contribution is 2.28. The van der Waals surface area contributed by atoms with E-state index in [0.29, 0.717) is 0 Å². The fourth-order valence-corrected chi connectivity index (χ4v) is 3.23. The number of nitrogens with one attached hydrogen (secondary N) is 1. The Morgan fingerprint density at radius 1 is 1.26 bits per heavy atom. The Balaban J connectivity index is 2.04. The van der Waals surface area contributed by atoms with Gasteiger partial charge in [-0.3, -0.25) is 0 Å². The van der Waals surface area contributed by atoms with E-state index in [1.165, 1.54) is 17.5 Å². The van der Waals surface area contributed by atoms with Gasteiger partial charge in [0.1, 0.15) is 10.0 Å². The van der Waals surface area contributed by atoms with E-state index in [4.69, 9.17) is 0 Å². The van der Waals surface area contributed by atoms with Gasteiger partial charge in [0.25, 0.3) is 0 Å².